The normalized spacial score (nSPS) is 12.4. The molecule has 0 unspecified atom stereocenters. The van der Waals surface area contributed by atoms with E-state index in [1.54, 1.807) is 19.9 Å². The highest BCUT2D eigenvalue weighted by Gasteiger charge is 2.27. The van der Waals surface area contributed by atoms with Crippen LogP contribution in [0.2, 0.25) is 0 Å². The van der Waals surface area contributed by atoms with Gasteiger partial charge in [-0.15, -0.1) is 0 Å². The van der Waals surface area contributed by atoms with E-state index < -0.39 is 21.2 Å². The number of hydrogen-bond donors (Lipinski definition) is 1. The smallest absolute Gasteiger partial charge is 0.309 e. The van der Waals surface area contributed by atoms with Crippen LogP contribution in [0, 0.1) is 5.41 Å². The van der Waals surface area contributed by atoms with Gasteiger partial charge in [-0.1, -0.05) is 15.9 Å². The van der Waals surface area contributed by atoms with E-state index in [9.17, 15) is 13.2 Å². The van der Waals surface area contributed by atoms with Crippen molar-refractivity contribution in [3.63, 3.8) is 0 Å². The molecule has 0 aromatic heterocycles. The Bertz CT molecular complexity index is 576. The van der Waals surface area contributed by atoms with Crippen molar-refractivity contribution in [3.8, 4) is 0 Å². The Kier molecular flexibility index (Phi) is 4.23. The molecule has 4 nitrogen and oxygen atoms in total. The molecular formula is C12H15BrO4S. The fourth-order valence-corrected chi connectivity index (χ4v) is 2.92. The molecule has 1 aromatic rings. The lowest BCUT2D eigenvalue weighted by Gasteiger charge is -2.19. The number of rotatable bonds is 4. The fraction of sp³-hybridized carbons (Fsp3) is 0.417. The summed E-state index contributed by atoms with van der Waals surface area (Å²) in [7, 11) is -3.30. The zero-order valence-corrected chi connectivity index (χ0v) is 12.8. The lowest BCUT2D eigenvalue weighted by molar-refractivity contribution is -0.146. The van der Waals surface area contributed by atoms with Crippen molar-refractivity contribution in [2.24, 2.45) is 5.41 Å². The van der Waals surface area contributed by atoms with Crippen molar-refractivity contribution >= 4 is 31.7 Å². The third kappa shape index (κ3) is 3.81. The van der Waals surface area contributed by atoms with E-state index in [1.165, 1.54) is 12.1 Å². The summed E-state index contributed by atoms with van der Waals surface area (Å²) in [6.07, 6.45) is 1.39. The topological polar surface area (TPSA) is 71.4 Å². The molecule has 0 bridgehead atoms. The van der Waals surface area contributed by atoms with E-state index in [0.29, 0.717) is 10.0 Å². The maximum absolute atomic E-state index is 11.5. The molecule has 0 fully saturated rings. The van der Waals surface area contributed by atoms with Gasteiger partial charge in [0, 0.05) is 10.7 Å². The van der Waals surface area contributed by atoms with E-state index in [1.807, 2.05) is 0 Å². The molecule has 0 saturated heterocycles. The second kappa shape index (κ2) is 5.01. The number of sulfone groups is 1. The van der Waals surface area contributed by atoms with Crippen LogP contribution in [0.15, 0.2) is 27.6 Å². The molecule has 0 saturated carbocycles. The first-order valence-electron chi connectivity index (χ1n) is 5.25. The lowest BCUT2D eigenvalue weighted by atomic mass is 9.86. The maximum atomic E-state index is 11.5. The third-order valence-corrected chi connectivity index (χ3v) is 4.13. The Balaban J connectivity index is 3.20. The second-order valence-corrected chi connectivity index (χ2v) is 7.86. The van der Waals surface area contributed by atoms with Crippen LogP contribution in [0.25, 0.3) is 0 Å². The summed E-state index contributed by atoms with van der Waals surface area (Å²) in [6.45, 7) is 3.21. The first-order valence-corrected chi connectivity index (χ1v) is 7.94. The molecular weight excluding hydrogens is 320 g/mol. The van der Waals surface area contributed by atoms with Gasteiger partial charge in [0.05, 0.1) is 10.3 Å². The molecule has 1 rings (SSSR count). The molecule has 0 aliphatic rings. The number of benzene rings is 1. The fourth-order valence-electron chi connectivity index (χ4n) is 1.52. The second-order valence-electron chi connectivity index (χ2n) is 4.93. The highest BCUT2D eigenvalue weighted by molar-refractivity contribution is 9.10. The summed E-state index contributed by atoms with van der Waals surface area (Å²) in [4.78, 5) is 11.3. The molecule has 6 heteroatoms. The Morgan fingerprint density at radius 1 is 1.33 bits per heavy atom. The number of hydrogen-bond acceptors (Lipinski definition) is 3. The Morgan fingerprint density at radius 2 is 1.89 bits per heavy atom. The van der Waals surface area contributed by atoms with E-state index in [4.69, 9.17) is 5.11 Å². The quantitative estimate of drug-likeness (QED) is 0.918. The van der Waals surface area contributed by atoms with Crippen molar-refractivity contribution in [3.05, 3.63) is 28.2 Å². The predicted molar refractivity (Wildman–Crippen MR) is 72.4 cm³/mol. The molecule has 0 aliphatic carbocycles. The summed E-state index contributed by atoms with van der Waals surface area (Å²) < 4.78 is 23.6. The molecule has 100 valence electrons. The third-order valence-electron chi connectivity index (χ3n) is 2.58. The van der Waals surface area contributed by atoms with Crippen LogP contribution in [0.1, 0.15) is 19.4 Å². The zero-order valence-electron chi connectivity index (χ0n) is 10.4. The molecule has 0 radical (unpaired) electrons. The van der Waals surface area contributed by atoms with Crippen LogP contribution < -0.4 is 0 Å². The van der Waals surface area contributed by atoms with E-state index >= 15 is 0 Å². The van der Waals surface area contributed by atoms with Crippen LogP contribution in [0.5, 0.6) is 0 Å². The van der Waals surface area contributed by atoms with E-state index in [-0.39, 0.29) is 11.3 Å². The zero-order chi connectivity index (χ0) is 14.1. The van der Waals surface area contributed by atoms with Gasteiger partial charge in [0.15, 0.2) is 9.84 Å². The van der Waals surface area contributed by atoms with Gasteiger partial charge < -0.3 is 5.11 Å². The Hall–Kier alpha value is -0.880. The highest BCUT2D eigenvalue weighted by atomic mass is 79.9. The average molecular weight is 335 g/mol. The van der Waals surface area contributed by atoms with Gasteiger partial charge in [0.25, 0.3) is 0 Å². The molecule has 1 N–H and O–H groups in total. The number of carbonyl (C=O) groups is 1. The van der Waals surface area contributed by atoms with E-state index in [0.717, 1.165) is 6.26 Å². The van der Waals surface area contributed by atoms with E-state index in [2.05, 4.69) is 15.9 Å². The van der Waals surface area contributed by atoms with Crippen molar-refractivity contribution in [1.29, 1.82) is 0 Å². The highest BCUT2D eigenvalue weighted by Crippen LogP contribution is 2.26. The summed E-state index contributed by atoms with van der Waals surface area (Å²) in [5.41, 5.74) is -0.257. The molecule has 0 atom stereocenters. The molecule has 1 aromatic carbocycles. The first-order chi connectivity index (χ1) is 8.02. The average Bonchev–Trinajstić information content (AvgIpc) is 2.13. The van der Waals surface area contributed by atoms with Crippen LogP contribution in [0.3, 0.4) is 0 Å². The molecule has 0 spiro atoms. The predicted octanol–water partition coefficient (Wildman–Crippen LogP) is 2.51. The van der Waals surface area contributed by atoms with Crippen molar-refractivity contribution in [2.75, 3.05) is 6.26 Å². The first kappa shape index (κ1) is 15.2. The molecule has 0 aliphatic heterocycles. The minimum atomic E-state index is -3.30. The number of carboxylic acids is 1. The monoisotopic (exact) mass is 334 g/mol. The lowest BCUT2D eigenvalue weighted by Crippen LogP contribution is -2.26. The van der Waals surface area contributed by atoms with Gasteiger partial charge in [-0.2, -0.15) is 0 Å². The van der Waals surface area contributed by atoms with Gasteiger partial charge in [-0.3, -0.25) is 4.79 Å². The summed E-state index contributed by atoms with van der Waals surface area (Å²) in [5.74, 6) is -0.914. The number of halogens is 1. The van der Waals surface area contributed by atoms with Crippen molar-refractivity contribution in [1.82, 2.24) is 0 Å². The Morgan fingerprint density at radius 3 is 2.33 bits per heavy atom. The Labute approximate surface area is 115 Å². The SMILES string of the molecule is CC(C)(Cc1cc(Br)cc(S(C)(=O)=O)c1)C(=O)O. The van der Waals surface area contributed by atoms with Crippen molar-refractivity contribution < 1.29 is 18.3 Å². The van der Waals surface area contributed by atoms with Gasteiger partial charge in [-0.25, -0.2) is 8.42 Å². The number of carboxylic acid groups (broad SMARTS) is 1. The molecule has 0 heterocycles. The molecule has 0 amide bonds. The van der Waals surface area contributed by atoms with Crippen LogP contribution in [0.4, 0.5) is 0 Å². The summed E-state index contributed by atoms with van der Waals surface area (Å²) >= 11 is 3.24. The van der Waals surface area contributed by atoms with Gasteiger partial charge >= 0.3 is 5.97 Å². The van der Waals surface area contributed by atoms with Gasteiger partial charge in [0.1, 0.15) is 0 Å². The van der Waals surface area contributed by atoms with Crippen molar-refractivity contribution in [2.45, 2.75) is 25.2 Å². The summed E-state index contributed by atoms with van der Waals surface area (Å²) in [5, 5.41) is 9.07. The van der Waals surface area contributed by atoms with Gasteiger partial charge in [0.2, 0.25) is 0 Å². The largest absolute Gasteiger partial charge is 0.481 e. The van der Waals surface area contributed by atoms with Crippen LogP contribution >= 0.6 is 15.9 Å². The number of aliphatic carboxylic acids is 1. The minimum absolute atomic E-state index is 0.188. The summed E-state index contributed by atoms with van der Waals surface area (Å²) in [6, 6.07) is 4.76. The molecule has 18 heavy (non-hydrogen) atoms. The standard InChI is InChI=1S/C12H15BrO4S/c1-12(2,11(14)15)7-8-4-9(13)6-10(5-8)18(3,16)17/h4-6H,7H2,1-3H3,(H,14,15). The maximum Gasteiger partial charge on any atom is 0.309 e. The minimum Gasteiger partial charge on any atom is -0.481 e. The van der Waals surface area contributed by atoms with Gasteiger partial charge in [-0.05, 0) is 44.0 Å². The van der Waals surface area contributed by atoms with Crippen LogP contribution in [-0.2, 0) is 21.1 Å². The van der Waals surface area contributed by atoms with Crippen LogP contribution in [-0.4, -0.2) is 25.7 Å².